The second-order valence-electron chi connectivity index (χ2n) is 6.63. The van der Waals surface area contributed by atoms with Crippen LogP contribution in [0.15, 0.2) is 18.2 Å². The van der Waals surface area contributed by atoms with Crippen LogP contribution in [0.5, 0.6) is 5.75 Å². The van der Waals surface area contributed by atoms with Crippen LogP contribution >= 0.6 is 0 Å². The van der Waals surface area contributed by atoms with Crippen molar-refractivity contribution in [3.63, 3.8) is 0 Å². The molecule has 0 saturated heterocycles. The highest BCUT2D eigenvalue weighted by molar-refractivity contribution is 5.83. The molecule has 0 saturated carbocycles. The zero-order valence-electron chi connectivity index (χ0n) is 13.1. The highest BCUT2D eigenvalue weighted by atomic mass is 16.5. The van der Waals surface area contributed by atoms with Crippen molar-refractivity contribution in [3.8, 4) is 5.75 Å². The lowest BCUT2D eigenvalue weighted by molar-refractivity contribution is -0.123. The van der Waals surface area contributed by atoms with Crippen molar-refractivity contribution in [2.24, 2.45) is 11.5 Å². The summed E-state index contributed by atoms with van der Waals surface area (Å²) in [5.74, 6) is 0.324. The Morgan fingerprint density at radius 3 is 2.35 bits per heavy atom. The first-order chi connectivity index (χ1) is 9.04. The lowest BCUT2D eigenvalue weighted by Gasteiger charge is -2.25. The first kappa shape index (κ1) is 16.5. The molecular weight excluding hydrogens is 252 g/mol. The third-order valence-corrected chi connectivity index (χ3v) is 3.38. The summed E-state index contributed by atoms with van der Waals surface area (Å²) in [6, 6.07) is 6.11. The molecule has 4 N–H and O–H groups in total. The summed E-state index contributed by atoms with van der Waals surface area (Å²) >= 11 is 0. The van der Waals surface area contributed by atoms with Crippen LogP contribution in [0.3, 0.4) is 0 Å². The number of benzene rings is 1. The van der Waals surface area contributed by atoms with Crippen LogP contribution in [0.1, 0.15) is 45.2 Å². The van der Waals surface area contributed by atoms with Gasteiger partial charge >= 0.3 is 0 Å². The van der Waals surface area contributed by atoms with E-state index >= 15 is 0 Å². The molecule has 0 radical (unpaired) electrons. The molecule has 20 heavy (non-hydrogen) atoms. The number of nitrogens with two attached hydrogens (primary N) is 2. The van der Waals surface area contributed by atoms with Crippen LogP contribution in [0.2, 0.25) is 0 Å². The summed E-state index contributed by atoms with van der Waals surface area (Å²) in [6.45, 7) is 10.5. The summed E-state index contributed by atoms with van der Waals surface area (Å²) in [6.07, 6.45) is 0.389. The van der Waals surface area contributed by atoms with Gasteiger partial charge in [0.1, 0.15) is 5.75 Å². The van der Waals surface area contributed by atoms with Crippen LogP contribution in [0.4, 0.5) is 0 Å². The highest BCUT2D eigenvalue weighted by Gasteiger charge is 2.26. The van der Waals surface area contributed by atoms with Crippen LogP contribution in [0.25, 0.3) is 0 Å². The van der Waals surface area contributed by atoms with Gasteiger partial charge < -0.3 is 16.2 Å². The van der Waals surface area contributed by atoms with Crippen LogP contribution < -0.4 is 16.2 Å². The molecule has 1 amide bonds. The molecule has 1 atom stereocenters. The Hall–Kier alpha value is -1.55. The Kier molecular flexibility index (Phi) is 4.81. The normalized spacial score (nSPS) is 14.7. The van der Waals surface area contributed by atoms with Crippen molar-refractivity contribution in [2.75, 3.05) is 6.61 Å². The predicted octanol–water partition coefficient (Wildman–Crippen LogP) is 2.26. The van der Waals surface area contributed by atoms with E-state index in [-0.39, 0.29) is 5.41 Å². The first-order valence-electron chi connectivity index (χ1n) is 6.87. The van der Waals surface area contributed by atoms with Gasteiger partial charge in [0.15, 0.2) is 0 Å². The molecule has 112 valence electrons. The number of carbonyl (C=O) groups excluding carboxylic acids is 1. The third-order valence-electron chi connectivity index (χ3n) is 3.38. The van der Waals surface area contributed by atoms with Gasteiger partial charge in [-0.25, -0.2) is 0 Å². The molecule has 1 unspecified atom stereocenters. The van der Waals surface area contributed by atoms with E-state index in [0.717, 1.165) is 11.3 Å². The van der Waals surface area contributed by atoms with Gasteiger partial charge in [-0.15, -0.1) is 0 Å². The van der Waals surface area contributed by atoms with E-state index in [1.807, 2.05) is 12.1 Å². The van der Waals surface area contributed by atoms with Crippen molar-refractivity contribution < 1.29 is 9.53 Å². The Bertz CT molecular complexity index is 488. The summed E-state index contributed by atoms with van der Waals surface area (Å²) in [7, 11) is 0. The number of hydrogen-bond donors (Lipinski definition) is 2. The Morgan fingerprint density at radius 1 is 1.25 bits per heavy atom. The molecule has 4 heteroatoms. The quantitative estimate of drug-likeness (QED) is 0.867. The minimum atomic E-state index is -1.04. The van der Waals surface area contributed by atoms with Crippen molar-refractivity contribution in [1.29, 1.82) is 0 Å². The van der Waals surface area contributed by atoms with E-state index in [1.54, 1.807) is 6.92 Å². The molecule has 1 aromatic rings. The summed E-state index contributed by atoms with van der Waals surface area (Å²) in [4.78, 5) is 11.2. The number of ether oxygens (including phenoxy) is 1. The predicted molar refractivity (Wildman–Crippen MR) is 81.8 cm³/mol. The molecule has 0 spiro atoms. The standard InChI is InChI=1S/C16H26N2O2/c1-11-6-7-13(12(10-11)15(2,3)4)20-9-8-16(5,18)14(17)19/h6-7,10H,8-9,18H2,1-5H3,(H2,17,19). The van der Waals surface area contributed by atoms with Crippen LogP contribution in [0, 0.1) is 6.92 Å². The van der Waals surface area contributed by atoms with E-state index in [2.05, 4.69) is 33.8 Å². The van der Waals surface area contributed by atoms with Crippen LogP contribution in [-0.4, -0.2) is 18.1 Å². The Balaban J connectivity index is 2.82. The Labute approximate surface area is 121 Å². The van der Waals surface area contributed by atoms with E-state index in [0.29, 0.717) is 13.0 Å². The number of primary amides is 1. The number of rotatable bonds is 5. The van der Waals surface area contributed by atoms with Gasteiger partial charge in [-0.3, -0.25) is 4.79 Å². The molecule has 0 fully saturated rings. The average molecular weight is 278 g/mol. The van der Waals surface area contributed by atoms with Gasteiger partial charge in [0.05, 0.1) is 12.1 Å². The molecule has 4 nitrogen and oxygen atoms in total. The van der Waals surface area contributed by atoms with Crippen molar-refractivity contribution in [2.45, 2.75) is 52.0 Å². The van der Waals surface area contributed by atoms with Crippen LogP contribution in [-0.2, 0) is 10.2 Å². The second-order valence-corrected chi connectivity index (χ2v) is 6.63. The van der Waals surface area contributed by atoms with Crippen molar-refractivity contribution in [3.05, 3.63) is 29.3 Å². The van der Waals surface area contributed by atoms with Gasteiger partial charge in [-0.1, -0.05) is 38.5 Å². The maximum absolute atomic E-state index is 11.2. The zero-order chi connectivity index (χ0) is 15.6. The van der Waals surface area contributed by atoms with Crippen molar-refractivity contribution >= 4 is 5.91 Å². The average Bonchev–Trinajstić information content (AvgIpc) is 2.29. The summed E-state index contributed by atoms with van der Waals surface area (Å²) in [5, 5.41) is 0. The van der Waals surface area contributed by atoms with Gasteiger partial charge in [-0.2, -0.15) is 0 Å². The molecule has 0 aliphatic carbocycles. The minimum Gasteiger partial charge on any atom is -0.493 e. The lowest BCUT2D eigenvalue weighted by atomic mass is 9.85. The molecular formula is C16H26N2O2. The van der Waals surface area contributed by atoms with E-state index in [4.69, 9.17) is 16.2 Å². The highest BCUT2D eigenvalue weighted by Crippen LogP contribution is 2.32. The second kappa shape index (κ2) is 5.83. The maximum Gasteiger partial charge on any atom is 0.237 e. The summed E-state index contributed by atoms with van der Waals surface area (Å²) in [5.41, 5.74) is 12.4. The largest absolute Gasteiger partial charge is 0.493 e. The minimum absolute atomic E-state index is 0.00292. The molecule has 1 rings (SSSR count). The smallest absolute Gasteiger partial charge is 0.237 e. The van der Waals surface area contributed by atoms with Crippen molar-refractivity contribution in [1.82, 2.24) is 0 Å². The SMILES string of the molecule is Cc1ccc(OCCC(C)(N)C(N)=O)c(C(C)(C)C)c1. The molecule has 0 heterocycles. The monoisotopic (exact) mass is 278 g/mol. The Morgan fingerprint density at radius 2 is 1.85 bits per heavy atom. The third kappa shape index (κ3) is 4.23. The number of carbonyl (C=O) groups is 1. The molecule has 1 aromatic carbocycles. The summed E-state index contributed by atoms with van der Waals surface area (Å²) < 4.78 is 5.82. The molecule has 0 aliphatic rings. The fourth-order valence-corrected chi connectivity index (χ4v) is 1.85. The maximum atomic E-state index is 11.2. The number of amides is 1. The lowest BCUT2D eigenvalue weighted by Crippen LogP contribution is -2.50. The number of aryl methyl sites for hydroxylation is 1. The molecule has 0 bridgehead atoms. The fourth-order valence-electron chi connectivity index (χ4n) is 1.85. The molecule has 0 aliphatic heterocycles. The van der Waals surface area contributed by atoms with Gasteiger partial charge in [0.25, 0.3) is 0 Å². The van der Waals surface area contributed by atoms with Gasteiger partial charge in [-0.05, 0) is 30.9 Å². The zero-order valence-corrected chi connectivity index (χ0v) is 13.1. The van der Waals surface area contributed by atoms with E-state index in [9.17, 15) is 4.79 Å². The fraction of sp³-hybridized carbons (Fsp3) is 0.562. The van der Waals surface area contributed by atoms with E-state index < -0.39 is 11.4 Å². The topological polar surface area (TPSA) is 78.3 Å². The van der Waals surface area contributed by atoms with Gasteiger partial charge in [0, 0.05) is 6.42 Å². The number of hydrogen-bond acceptors (Lipinski definition) is 3. The molecule has 0 aromatic heterocycles. The van der Waals surface area contributed by atoms with Gasteiger partial charge in [0.2, 0.25) is 5.91 Å². The van der Waals surface area contributed by atoms with E-state index in [1.165, 1.54) is 5.56 Å². The first-order valence-corrected chi connectivity index (χ1v) is 6.87.